The smallest absolute Gasteiger partial charge is 0.255 e. The van der Waals surface area contributed by atoms with Crippen LogP contribution in [0.5, 0.6) is 11.5 Å². The fraction of sp³-hybridized carbons (Fsp3) is 0.304. The van der Waals surface area contributed by atoms with Crippen molar-refractivity contribution in [3.05, 3.63) is 60.3 Å². The van der Waals surface area contributed by atoms with Crippen LogP contribution in [-0.2, 0) is 0 Å². The number of benzene rings is 2. The van der Waals surface area contributed by atoms with Crippen molar-refractivity contribution in [1.29, 1.82) is 0 Å². The third-order valence-corrected chi connectivity index (χ3v) is 5.33. The zero-order valence-corrected chi connectivity index (χ0v) is 16.7. The van der Waals surface area contributed by atoms with Crippen molar-refractivity contribution < 1.29 is 14.3 Å². The van der Waals surface area contributed by atoms with E-state index in [2.05, 4.69) is 5.32 Å². The molecule has 6 nitrogen and oxygen atoms in total. The molecule has 1 fully saturated rings. The van der Waals surface area contributed by atoms with Gasteiger partial charge in [0.15, 0.2) is 0 Å². The van der Waals surface area contributed by atoms with Gasteiger partial charge in [0.2, 0.25) is 0 Å². The van der Waals surface area contributed by atoms with Gasteiger partial charge in [-0.15, -0.1) is 0 Å². The van der Waals surface area contributed by atoms with Crippen LogP contribution in [0.1, 0.15) is 36.0 Å². The number of aromatic nitrogens is 2. The van der Waals surface area contributed by atoms with Gasteiger partial charge in [-0.3, -0.25) is 4.79 Å². The van der Waals surface area contributed by atoms with E-state index in [0.717, 1.165) is 36.9 Å². The number of amides is 1. The minimum absolute atomic E-state index is 0.112. The standard InChI is InChI=1S/C23H25N3O3/c1-28-18-12-13-21(29-2)19(14-18)22-20(23(27)24-16-8-6-7-9-16)15-26(25-22)17-10-4-3-5-11-17/h3-5,10-16H,6-9H2,1-2H3,(H,24,27). The molecule has 0 bridgehead atoms. The maximum Gasteiger partial charge on any atom is 0.255 e. The Morgan fingerprint density at radius 3 is 2.52 bits per heavy atom. The van der Waals surface area contributed by atoms with E-state index in [4.69, 9.17) is 14.6 Å². The molecule has 0 aliphatic heterocycles. The summed E-state index contributed by atoms with van der Waals surface area (Å²) in [7, 11) is 3.22. The number of nitrogens with one attached hydrogen (secondary N) is 1. The van der Waals surface area contributed by atoms with Crippen LogP contribution in [0.25, 0.3) is 16.9 Å². The summed E-state index contributed by atoms with van der Waals surface area (Å²) >= 11 is 0. The van der Waals surface area contributed by atoms with Crippen LogP contribution in [0.4, 0.5) is 0 Å². The molecule has 6 heteroatoms. The quantitative estimate of drug-likeness (QED) is 0.683. The Kier molecular flexibility index (Phi) is 5.51. The number of carbonyl (C=O) groups excluding carboxylic acids is 1. The van der Waals surface area contributed by atoms with Crippen LogP contribution in [0.15, 0.2) is 54.7 Å². The van der Waals surface area contributed by atoms with E-state index < -0.39 is 0 Å². The van der Waals surface area contributed by atoms with Gasteiger partial charge in [-0.05, 0) is 43.2 Å². The third-order valence-electron chi connectivity index (χ3n) is 5.33. The Balaban J connectivity index is 1.81. The van der Waals surface area contributed by atoms with Crippen LogP contribution in [0.3, 0.4) is 0 Å². The molecule has 0 spiro atoms. The highest BCUT2D eigenvalue weighted by Gasteiger charge is 2.24. The number of methoxy groups -OCH3 is 2. The Bertz CT molecular complexity index is 992. The van der Waals surface area contributed by atoms with Crippen molar-refractivity contribution in [2.75, 3.05) is 14.2 Å². The molecule has 0 unspecified atom stereocenters. The lowest BCUT2D eigenvalue weighted by Crippen LogP contribution is -2.32. The molecule has 1 amide bonds. The highest BCUT2D eigenvalue weighted by molar-refractivity contribution is 6.00. The predicted molar refractivity (Wildman–Crippen MR) is 112 cm³/mol. The maximum absolute atomic E-state index is 13.2. The molecular formula is C23H25N3O3. The van der Waals surface area contributed by atoms with E-state index >= 15 is 0 Å². The lowest BCUT2D eigenvalue weighted by molar-refractivity contribution is 0.0938. The number of hydrogen-bond acceptors (Lipinski definition) is 4. The molecule has 1 aromatic heterocycles. The second kappa shape index (κ2) is 8.39. The number of ether oxygens (including phenoxy) is 2. The first-order valence-corrected chi connectivity index (χ1v) is 9.88. The minimum atomic E-state index is -0.112. The molecule has 29 heavy (non-hydrogen) atoms. The first kappa shape index (κ1) is 19.1. The summed E-state index contributed by atoms with van der Waals surface area (Å²) < 4.78 is 12.7. The number of carbonyl (C=O) groups is 1. The number of rotatable bonds is 6. The number of para-hydroxylation sites is 1. The summed E-state index contributed by atoms with van der Waals surface area (Å²) in [6.45, 7) is 0. The zero-order chi connectivity index (χ0) is 20.2. The molecular weight excluding hydrogens is 366 g/mol. The van der Waals surface area contributed by atoms with E-state index in [1.807, 2.05) is 48.5 Å². The molecule has 0 saturated heterocycles. The van der Waals surface area contributed by atoms with Crippen molar-refractivity contribution in [2.45, 2.75) is 31.7 Å². The minimum Gasteiger partial charge on any atom is -0.497 e. The van der Waals surface area contributed by atoms with E-state index in [9.17, 15) is 4.79 Å². The van der Waals surface area contributed by atoms with Gasteiger partial charge in [0, 0.05) is 17.8 Å². The maximum atomic E-state index is 13.2. The molecule has 1 aliphatic rings. The SMILES string of the molecule is COc1ccc(OC)c(-c2nn(-c3ccccc3)cc2C(=O)NC2CCCC2)c1. The molecule has 3 aromatic rings. The van der Waals surface area contributed by atoms with Crippen LogP contribution in [-0.4, -0.2) is 35.9 Å². The van der Waals surface area contributed by atoms with Gasteiger partial charge in [0.05, 0.1) is 25.5 Å². The fourth-order valence-electron chi connectivity index (χ4n) is 3.78. The van der Waals surface area contributed by atoms with Gasteiger partial charge in [-0.25, -0.2) is 4.68 Å². The summed E-state index contributed by atoms with van der Waals surface area (Å²) in [4.78, 5) is 13.2. The highest BCUT2D eigenvalue weighted by atomic mass is 16.5. The first-order valence-electron chi connectivity index (χ1n) is 9.88. The average Bonchev–Trinajstić information content (AvgIpc) is 3.44. The molecule has 1 heterocycles. The summed E-state index contributed by atoms with van der Waals surface area (Å²) in [6.07, 6.45) is 6.15. The van der Waals surface area contributed by atoms with Gasteiger partial charge < -0.3 is 14.8 Å². The van der Waals surface area contributed by atoms with Crippen molar-refractivity contribution in [1.82, 2.24) is 15.1 Å². The van der Waals surface area contributed by atoms with Crippen LogP contribution in [0, 0.1) is 0 Å². The van der Waals surface area contributed by atoms with Gasteiger partial charge in [0.25, 0.3) is 5.91 Å². The molecule has 1 N–H and O–H groups in total. The van der Waals surface area contributed by atoms with E-state index in [-0.39, 0.29) is 11.9 Å². The first-order chi connectivity index (χ1) is 14.2. The Hall–Kier alpha value is -3.28. The Labute approximate surface area is 170 Å². The highest BCUT2D eigenvalue weighted by Crippen LogP contribution is 2.35. The predicted octanol–water partition coefficient (Wildman–Crippen LogP) is 4.23. The van der Waals surface area contributed by atoms with Crippen molar-refractivity contribution in [2.24, 2.45) is 0 Å². The topological polar surface area (TPSA) is 65.4 Å². The van der Waals surface area contributed by atoms with Gasteiger partial charge >= 0.3 is 0 Å². The zero-order valence-electron chi connectivity index (χ0n) is 16.7. The van der Waals surface area contributed by atoms with E-state index in [0.29, 0.717) is 22.8 Å². The molecule has 2 aromatic carbocycles. The summed E-state index contributed by atoms with van der Waals surface area (Å²) in [5.41, 5.74) is 2.70. The summed E-state index contributed by atoms with van der Waals surface area (Å²) in [5, 5.41) is 7.92. The monoisotopic (exact) mass is 391 g/mol. The van der Waals surface area contributed by atoms with Crippen molar-refractivity contribution >= 4 is 5.91 Å². The van der Waals surface area contributed by atoms with Gasteiger partial charge in [0.1, 0.15) is 17.2 Å². The second-order valence-corrected chi connectivity index (χ2v) is 7.19. The number of hydrogen-bond donors (Lipinski definition) is 1. The molecule has 150 valence electrons. The molecule has 0 atom stereocenters. The number of nitrogens with zero attached hydrogens (tertiary/aromatic N) is 2. The van der Waals surface area contributed by atoms with E-state index in [1.165, 1.54) is 0 Å². The Morgan fingerprint density at radius 1 is 1.07 bits per heavy atom. The summed E-state index contributed by atoms with van der Waals surface area (Å²) in [5.74, 6) is 1.20. The van der Waals surface area contributed by atoms with Crippen LogP contribution >= 0.6 is 0 Å². The Morgan fingerprint density at radius 2 is 1.83 bits per heavy atom. The average molecular weight is 391 g/mol. The molecule has 1 aliphatic carbocycles. The third kappa shape index (κ3) is 3.97. The lowest BCUT2D eigenvalue weighted by atomic mass is 10.1. The largest absolute Gasteiger partial charge is 0.497 e. The normalized spacial score (nSPS) is 14.0. The molecule has 1 saturated carbocycles. The van der Waals surface area contributed by atoms with Crippen molar-refractivity contribution in [3.63, 3.8) is 0 Å². The fourth-order valence-corrected chi connectivity index (χ4v) is 3.78. The van der Waals surface area contributed by atoms with Crippen molar-refractivity contribution in [3.8, 4) is 28.4 Å². The molecule has 4 rings (SSSR count). The van der Waals surface area contributed by atoms with Gasteiger partial charge in [-0.2, -0.15) is 5.10 Å². The van der Waals surface area contributed by atoms with Crippen LogP contribution < -0.4 is 14.8 Å². The lowest BCUT2D eigenvalue weighted by Gasteiger charge is -2.13. The van der Waals surface area contributed by atoms with Crippen LogP contribution in [0.2, 0.25) is 0 Å². The summed E-state index contributed by atoms with van der Waals surface area (Å²) in [6, 6.07) is 15.5. The van der Waals surface area contributed by atoms with Gasteiger partial charge in [-0.1, -0.05) is 31.0 Å². The van der Waals surface area contributed by atoms with E-state index in [1.54, 1.807) is 25.1 Å². The molecule has 0 radical (unpaired) electrons. The second-order valence-electron chi connectivity index (χ2n) is 7.19.